The lowest BCUT2D eigenvalue weighted by molar-refractivity contribution is 1.02. The van der Waals surface area contributed by atoms with Gasteiger partial charge in [-0.05, 0) is 31.8 Å². The summed E-state index contributed by atoms with van der Waals surface area (Å²) in [4.78, 5) is 0. The van der Waals surface area contributed by atoms with E-state index in [4.69, 9.17) is 0 Å². The van der Waals surface area contributed by atoms with Gasteiger partial charge in [-0.2, -0.15) is 0 Å². The molecule has 0 N–H and O–H groups in total. The molecular formula is C12H16. The van der Waals surface area contributed by atoms with Gasteiger partial charge in [0.25, 0.3) is 0 Å². The van der Waals surface area contributed by atoms with Crippen LogP contribution in [-0.4, -0.2) is 0 Å². The molecule has 0 spiro atoms. The number of allylic oxidation sites excluding steroid dienone is 7. The normalized spacial score (nSPS) is 16.6. The van der Waals surface area contributed by atoms with Crippen LogP contribution in [0.1, 0.15) is 26.2 Å². The van der Waals surface area contributed by atoms with Gasteiger partial charge in [-0.3, -0.25) is 0 Å². The van der Waals surface area contributed by atoms with Crippen molar-refractivity contribution in [2.45, 2.75) is 26.2 Å². The first-order chi connectivity index (χ1) is 5.79. The molecule has 12 heavy (non-hydrogen) atoms. The van der Waals surface area contributed by atoms with E-state index in [-0.39, 0.29) is 0 Å². The van der Waals surface area contributed by atoms with Crippen LogP contribution in [0.5, 0.6) is 0 Å². The van der Waals surface area contributed by atoms with E-state index >= 15 is 0 Å². The smallest absolute Gasteiger partial charge is 0.0141 e. The van der Waals surface area contributed by atoms with Crippen molar-refractivity contribution in [3.63, 3.8) is 0 Å². The zero-order valence-electron chi connectivity index (χ0n) is 7.72. The average Bonchev–Trinajstić information content (AvgIpc) is 2.05. The van der Waals surface area contributed by atoms with E-state index in [0.717, 1.165) is 6.42 Å². The molecule has 0 unspecified atom stereocenters. The maximum atomic E-state index is 3.85. The van der Waals surface area contributed by atoms with Gasteiger partial charge in [-0.25, -0.2) is 0 Å². The first kappa shape index (κ1) is 9.05. The van der Waals surface area contributed by atoms with Gasteiger partial charge in [-0.15, -0.1) is 0 Å². The van der Waals surface area contributed by atoms with E-state index in [9.17, 15) is 0 Å². The quantitative estimate of drug-likeness (QED) is 0.551. The van der Waals surface area contributed by atoms with Gasteiger partial charge < -0.3 is 0 Å². The predicted octanol–water partition coefficient (Wildman–Crippen LogP) is 3.79. The minimum atomic E-state index is 0.991. The van der Waals surface area contributed by atoms with Crippen molar-refractivity contribution in [3.05, 3.63) is 48.1 Å². The molecule has 0 aromatic heterocycles. The monoisotopic (exact) mass is 160 g/mol. The molecule has 1 rings (SSSR count). The molecule has 0 saturated carbocycles. The maximum Gasteiger partial charge on any atom is -0.0141 e. The number of rotatable bonds is 3. The van der Waals surface area contributed by atoms with Crippen molar-refractivity contribution >= 4 is 0 Å². The molecule has 0 bridgehead atoms. The van der Waals surface area contributed by atoms with Gasteiger partial charge in [0, 0.05) is 0 Å². The van der Waals surface area contributed by atoms with Gasteiger partial charge in [0.05, 0.1) is 0 Å². The molecule has 0 saturated heterocycles. The Kier molecular flexibility index (Phi) is 3.59. The Bertz CT molecular complexity index is 239. The Morgan fingerprint density at radius 3 is 3.00 bits per heavy atom. The lowest BCUT2D eigenvalue weighted by Gasteiger charge is -2.00. The molecule has 0 aromatic rings. The largest absolute Gasteiger partial charge is 0.0998 e. The molecule has 1 aliphatic rings. The van der Waals surface area contributed by atoms with E-state index in [1.54, 1.807) is 0 Å². The molecule has 0 heteroatoms. The fourth-order valence-corrected chi connectivity index (χ4v) is 1.15. The molecule has 0 atom stereocenters. The lowest BCUT2D eigenvalue weighted by Crippen LogP contribution is -1.80. The minimum Gasteiger partial charge on any atom is -0.0998 e. The Hall–Kier alpha value is -1.04. The average molecular weight is 160 g/mol. The fraction of sp³-hybridized carbons (Fsp3) is 0.333. The van der Waals surface area contributed by atoms with Crippen molar-refractivity contribution in [1.82, 2.24) is 0 Å². The van der Waals surface area contributed by atoms with Crippen LogP contribution in [0.15, 0.2) is 48.1 Å². The van der Waals surface area contributed by atoms with Crippen LogP contribution in [0.25, 0.3) is 0 Å². The molecule has 0 aromatic carbocycles. The molecule has 0 nitrogen and oxygen atoms in total. The Morgan fingerprint density at radius 2 is 2.42 bits per heavy atom. The summed E-state index contributed by atoms with van der Waals surface area (Å²) in [5.74, 6) is 0. The third-order valence-corrected chi connectivity index (χ3v) is 1.80. The Morgan fingerprint density at radius 1 is 1.58 bits per heavy atom. The summed E-state index contributed by atoms with van der Waals surface area (Å²) in [7, 11) is 0. The molecule has 0 amide bonds. The van der Waals surface area contributed by atoms with Crippen LogP contribution in [0.2, 0.25) is 0 Å². The summed E-state index contributed by atoms with van der Waals surface area (Å²) < 4.78 is 0. The maximum absolute atomic E-state index is 3.85. The van der Waals surface area contributed by atoms with Crippen molar-refractivity contribution in [2.75, 3.05) is 0 Å². The number of hydrogen-bond donors (Lipinski definition) is 0. The molecular weight excluding hydrogens is 144 g/mol. The third kappa shape index (κ3) is 3.38. The lowest BCUT2D eigenvalue weighted by atomic mass is 10.1. The van der Waals surface area contributed by atoms with Gasteiger partial charge in [0.2, 0.25) is 0 Å². The van der Waals surface area contributed by atoms with Gasteiger partial charge >= 0.3 is 0 Å². The topological polar surface area (TPSA) is 0 Å². The van der Waals surface area contributed by atoms with Gasteiger partial charge in [0.15, 0.2) is 0 Å². The fourth-order valence-electron chi connectivity index (χ4n) is 1.15. The second-order valence-corrected chi connectivity index (χ2v) is 3.25. The molecule has 0 radical (unpaired) electrons. The summed E-state index contributed by atoms with van der Waals surface area (Å²) >= 11 is 0. The first-order valence-electron chi connectivity index (χ1n) is 4.46. The molecule has 0 heterocycles. The number of hydrogen-bond acceptors (Lipinski definition) is 0. The van der Waals surface area contributed by atoms with Gasteiger partial charge in [-0.1, -0.05) is 42.5 Å². The molecule has 0 fully saturated rings. The van der Waals surface area contributed by atoms with Crippen LogP contribution in [0.4, 0.5) is 0 Å². The van der Waals surface area contributed by atoms with Crippen LogP contribution in [0, 0.1) is 0 Å². The summed E-state index contributed by atoms with van der Waals surface area (Å²) in [6, 6.07) is 0. The summed E-state index contributed by atoms with van der Waals surface area (Å²) in [6.07, 6.45) is 14.4. The molecule has 0 aliphatic heterocycles. The Labute approximate surface area is 75.0 Å². The zero-order chi connectivity index (χ0) is 8.81. The van der Waals surface area contributed by atoms with E-state index in [1.165, 1.54) is 24.0 Å². The van der Waals surface area contributed by atoms with Crippen LogP contribution >= 0.6 is 0 Å². The third-order valence-electron chi connectivity index (χ3n) is 1.80. The summed E-state index contributed by atoms with van der Waals surface area (Å²) in [5, 5.41) is 0. The predicted molar refractivity (Wildman–Crippen MR) is 55.0 cm³/mol. The molecule has 64 valence electrons. The summed E-state index contributed by atoms with van der Waals surface area (Å²) in [5.41, 5.74) is 2.55. The highest BCUT2D eigenvalue weighted by Gasteiger charge is 1.91. The first-order valence-corrected chi connectivity index (χ1v) is 4.46. The van der Waals surface area contributed by atoms with Gasteiger partial charge in [0.1, 0.15) is 0 Å². The van der Waals surface area contributed by atoms with Crippen molar-refractivity contribution < 1.29 is 0 Å². The summed E-state index contributed by atoms with van der Waals surface area (Å²) in [6.45, 7) is 5.90. The SMILES string of the molecule is C=C(C)C/C=C\C1=CCCC=C1. The highest BCUT2D eigenvalue weighted by atomic mass is 14.0. The van der Waals surface area contributed by atoms with E-state index in [1.807, 2.05) is 0 Å². The van der Waals surface area contributed by atoms with E-state index in [2.05, 4.69) is 43.9 Å². The van der Waals surface area contributed by atoms with Crippen LogP contribution in [-0.2, 0) is 0 Å². The highest BCUT2D eigenvalue weighted by molar-refractivity contribution is 5.33. The second-order valence-electron chi connectivity index (χ2n) is 3.25. The van der Waals surface area contributed by atoms with Crippen molar-refractivity contribution in [3.8, 4) is 0 Å². The van der Waals surface area contributed by atoms with E-state index in [0.29, 0.717) is 0 Å². The zero-order valence-corrected chi connectivity index (χ0v) is 7.72. The van der Waals surface area contributed by atoms with E-state index < -0.39 is 0 Å². The standard InChI is InChI=1S/C12H16/c1-11(2)7-6-10-12-8-4-3-5-9-12/h4,6,8-10H,1,3,5,7H2,2H3/b10-6-. The Balaban J connectivity index is 2.39. The minimum absolute atomic E-state index is 0.991. The second kappa shape index (κ2) is 4.76. The van der Waals surface area contributed by atoms with Crippen LogP contribution in [0.3, 0.4) is 0 Å². The van der Waals surface area contributed by atoms with Crippen molar-refractivity contribution in [1.29, 1.82) is 0 Å². The molecule has 1 aliphatic carbocycles. The van der Waals surface area contributed by atoms with Crippen LogP contribution < -0.4 is 0 Å². The highest BCUT2D eigenvalue weighted by Crippen LogP contribution is 2.11. The van der Waals surface area contributed by atoms with Crippen molar-refractivity contribution in [2.24, 2.45) is 0 Å².